The van der Waals surface area contributed by atoms with E-state index in [4.69, 9.17) is 0 Å². The van der Waals surface area contributed by atoms with E-state index in [9.17, 15) is 14.7 Å². The average Bonchev–Trinajstić information content (AvgIpc) is 2.70. The molecule has 0 N–H and O–H groups in total. The summed E-state index contributed by atoms with van der Waals surface area (Å²) in [5, 5.41) is 11.4. The van der Waals surface area contributed by atoms with Crippen molar-refractivity contribution < 1.29 is 14.7 Å². The van der Waals surface area contributed by atoms with Crippen molar-refractivity contribution in [2.45, 2.75) is 76.9 Å². The van der Waals surface area contributed by atoms with Crippen molar-refractivity contribution in [2.24, 2.45) is 0 Å². The lowest BCUT2D eigenvalue weighted by molar-refractivity contribution is -0.273. The minimum absolute atomic E-state index is 0.0315. The third kappa shape index (κ3) is 2.91. The minimum atomic E-state index is -1.25. The van der Waals surface area contributed by atoms with Crippen LogP contribution in [0, 0.1) is 0 Å². The summed E-state index contributed by atoms with van der Waals surface area (Å²) in [6, 6.07) is -0.258. The van der Waals surface area contributed by atoms with E-state index >= 15 is 0 Å². The predicted molar refractivity (Wildman–Crippen MR) is 74.0 cm³/mol. The summed E-state index contributed by atoms with van der Waals surface area (Å²) in [5.74, 6) is -0.0315. The Labute approximate surface area is 120 Å². The van der Waals surface area contributed by atoms with E-state index in [0.717, 1.165) is 12.8 Å². The van der Waals surface area contributed by atoms with Crippen molar-refractivity contribution in [1.82, 2.24) is 9.80 Å². The van der Waals surface area contributed by atoms with Crippen molar-refractivity contribution in [3.8, 4) is 0 Å². The summed E-state index contributed by atoms with van der Waals surface area (Å²) in [4.78, 5) is 27.1. The Morgan fingerprint density at radius 2 is 1.80 bits per heavy atom. The summed E-state index contributed by atoms with van der Waals surface area (Å²) in [7, 11) is 0. The zero-order valence-corrected chi connectivity index (χ0v) is 12.7. The number of rotatable bonds is 2. The summed E-state index contributed by atoms with van der Waals surface area (Å²) in [5.41, 5.74) is -0.609. The van der Waals surface area contributed by atoms with E-state index in [1.807, 2.05) is 4.90 Å². The molecule has 2 fully saturated rings. The number of carbonyl (C=O) groups excluding carboxylic acids is 2. The first-order valence-electron chi connectivity index (χ1n) is 7.63. The Balaban J connectivity index is 2.11. The average molecular weight is 281 g/mol. The van der Waals surface area contributed by atoms with Crippen LogP contribution in [0.15, 0.2) is 0 Å². The molecule has 0 unspecified atom stereocenters. The molecular weight excluding hydrogens is 256 g/mol. The second kappa shape index (κ2) is 5.62. The lowest BCUT2D eigenvalue weighted by Gasteiger charge is -2.41. The molecule has 1 heterocycles. The maximum atomic E-state index is 12.6. The van der Waals surface area contributed by atoms with Gasteiger partial charge in [0.05, 0.1) is 0 Å². The van der Waals surface area contributed by atoms with Crippen molar-refractivity contribution in [3.63, 3.8) is 0 Å². The van der Waals surface area contributed by atoms with Crippen molar-refractivity contribution in [2.75, 3.05) is 6.54 Å². The molecule has 2 rings (SSSR count). The van der Waals surface area contributed by atoms with Crippen molar-refractivity contribution in [1.29, 1.82) is 0 Å². The normalized spacial score (nSPS) is 25.1. The van der Waals surface area contributed by atoms with Crippen molar-refractivity contribution in [3.05, 3.63) is 0 Å². The lowest BCUT2D eigenvalue weighted by Crippen LogP contribution is -2.59. The summed E-state index contributed by atoms with van der Waals surface area (Å²) in [6.07, 6.45) is 5.03. The molecule has 0 spiro atoms. The van der Waals surface area contributed by atoms with Crippen molar-refractivity contribution >= 4 is 12.0 Å². The Bertz CT molecular complexity index is 383. The first-order chi connectivity index (χ1) is 9.32. The maximum absolute atomic E-state index is 12.6. The van der Waals surface area contributed by atoms with E-state index in [2.05, 4.69) is 0 Å². The molecule has 20 heavy (non-hydrogen) atoms. The highest BCUT2D eigenvalue weighted by molar-refractivity contribution is 5.87. The van der Waals surface area contributed by atoms with E-state index < -0.39 is 17.7 Å². The van der Waals surface area contributed by atoms with Gasteiger partial charge < -0.3 is 19.7 Å². The highest BCUT2D eigenvalue weighted by Crippen LogP contribution is 2.30. The molecule has 0 aromatic carbocycles. The highest BCUT2D eigenvalue weighted by Gasteiger charge is 2.42. The van der Waals surface area contributed by atoms with Gasteiger partial charge in [0.1, 0.15) is 12.1 Å². The lowest BCUT2D eigenvalue weighted by atomic mass is 9.94. The molecule has 2 aliphatic rings. The first-order valence-corrected chi connectivity index (χ1v) is 7.63. The molecule has 2 amide bonds. The number of amides is 2. The van der Waals surface area contributed by atoms with E-state index in [-0.39, 0.29) is 5.91 Å². The predicted octanol–water partition coefficient (Wildman–Crippen LogP) is 1.36. The van der Waals surface area contributed by atoms with E-state index in [0.29, 0.717) is 19.0 Å². The molecule has 1 saturated carbocycles. The minimum Gasteiger partial charge on any atom is -0.530 e. The fraction of sp³-hybridized carbons (Fsp3) is 0.867. The number of nitrogens with zero attached hydrogens (tertiary/aromatic N) is 2. The molecule has 114 valence electrons. The van der Waals surface area contributed by atoms with Gasteiger partial charge in [0.2, 0.25) is 5.91 Å². The zero-order chi connectivity index (χ0) is 14.9. The van der Waals surface area contributed by atoms with Crippen LogP contribution in [0.25, 0.3) is 0 Å². The van der Waals surface area contributed by atoms with E-state index in [1.54, 1.807) is 20.8 Å². The topological polar surface area (TPSA) is 63.7 Å². The molecular formula is C15H25N2O3-. The van der Waals surface area contributed by atoms with Gasteiger partial charge in [-0.1, -0.05) is 19.3 Å². The molecule has 1 aliphatic carbocycles. The number of carbonyl (C=O) groups is 2. The quantitative estimate of drug-likeness (QED) is 0.768. The standard InChI is InChI=1S/C15H26N2O3/c1-15(2,3)17(14(19)20)12-9-10-16(13(12)18)11-7-5-4-6-8-11/h11-12H,4-10H2,1-3H3,(H,19,20)/p-1/t12-/m0/s1. The number of likely N-dealkylation sites (tertiary alicyclic amines) is 1. The van der Waals surface area contributed by atoms with Gasteiger partial charge in [-0.25, -0.2) is 0 Å². The largest absolute Gasteiger partial charge is 0.530 e. The fourth-order valence-corrected chi connectivity index (χ4v) is 3.55. The van der Waals surface area contributed by atoms with Crippen LogP contribution in [0.4, 0.5) is 4.79 Å². The molecule has 5 nitrogen and oxygen atoms in total. The van der Waals surface area contributed by atoms with Crippen LogP contribution >= 0.6 is 0 Å². The van der Waals surface area contributed by atoms with Gasteiger partial charge in [0, 0.05) is 18.1 Å². The van der Waals surface area contributed by atoms with Gasteiger partial charge in [-0.15, -0.1) is 0 Å². The second-order valence-electron chi connectivity index (χ2n) is 6.93. The Morgan fingerprint density at radius 1 is 1.20 bits per heavy atom. The van der Waals surface area contributed by atoms with Gasteiger partial charge >= 0.3 is 0 Å². The Hall–Kier alpha value is -1.26. The van der Waals surface area contributed by atoms with Crippen LogP contribution in [0.5, 0.6) is 0 Å². The van der Waals surface area contributed by atoms with Crippen LogP contribution in [0.3, 0.4) is 0 Å². The van der Waals surface area contributed by atoms with Gasteiger partial charge in [0.25, 0.3) is 0 Å². The zero-order valence-electron chi connectivity index (χ0n) is 12.7. The van der Waals surface area contributed by atoms with Gasteiger partial charge in [-0.3, -0.25) is 4.79 Å². The molecule has 0 bridgehead atoms. The molecule has 0 aromatic rings. The SMILES string of the molecule is CC(C)(C)N(C(=O)[O-])[C@H]1CCN(C2CCCCC2)C1=O. The third-order valence-corrected chi connectivity index (χ3v) is 4.46. The van der Waals surface area contributed by atoms with Crippen LogP contribution in [-0.2, 0) is 4.79 Å². The summed E-state index contributed by atoms with van der Waals surface area (Å²) >= 11 is 0. The molecule has 0 radical (unpaired) electrons. The highest BCUT2D eigenvalue weighted by atomic mass is 16.4. The van der Waals surface area contributed by atoms with Crippen LogP contribution in [-0.4, -0.2) is 46.0 Å². The fourth-order valence-electron chi connectivity index (χ4n) is 3.55. The molecule has 5 heteroatoms. The van der Waals surface area contributed by atoms with E-state index in [1.165, 1.54) is 24.2 Å². The molecule has 1 atom stereocenters. The Kier molecular flexibility index (Phi) is 4.25. The number of hydrogen-bond acceptors (Lipinski definition) is 3. The first kappa shape index (κ1) is 15.1. The molecule has 1 saturated heterocycles. The number of carboxylic acid groups (broad SMARTS) is 1. The third-order valence-electron chi connectivity index (χ3n) is 4.46. The van der Waals surface area contributed by atoms with Crippen LogP contribution < -0.4 is 5.11 Å². The molecule has 1 aliphatic heterocycles. The van der Waals surface area contributed by atoms with Gasteiger partial charge in [-0.05, 0) is 40.0 Å². The molecule has 0 aromatic heterocycles. The van der Waals surface area contributed by atoms with Gasteiger partial charge in [0.15, 0.2) is 0 Å². The maximum Gasteiger partial charge on any atom is 0.245 e. The second-order valence-corrected chi connectivity index (χ2v) is 6.93. The number of hydrogen-bond donors (Lipinski definition) is 0. The summed E-state index contributed by atoms with van der Waals surface area (Å²) in [6.45, 7) is 6.09. The monoisotopic (exact) mass is 281 g/mol. The van der Waals surface area contributed by atoms with Gasteiger partial charge in [-0.2, -0.15) is 0 Å². The van der Waals surface area contributed by atoms with Crippen LogP contribution in [0.2, 0.25) is 0 Å². The Morgan fingerprint density at radius 3 is 2.30 bits per heavy atom. The summed E-state index contributed by atoms with van der Waals surface area (Å²) < 4.78 is 0. The smallest absolute Gasteiger partial charge is 0.245 e. The van der Waals surface area contributed by atoms with Crippen LogP contribution in [0.1, 0.15) is 59.3 Å².